The zero-order chi connectivity index (χ0) is 9.97. The maximum absolute atomic E-state index is 11.2. The fourth-order valence-electron chi connectivity index (χ4n) is 1.03. The van der Waals surface area contributed by atoms with Crippen molar-refractivity contribution >= 4 is 5.82 Å². The second-order valence-corrected chi connectivity index (χ2v) is 2.76. The molecule has 6 nitrogen and oxygen atoms in total. The van der Waals surface area contributed by atoms with E-state index in [2.05, 4.69) is 15.6 Å². The monoisotopic (exact) mass is 191 g/mol. The van der Waals surface area contributed by atoms with Crippen LogP contribution in [0.2, 0.25) is 0 Å². The van der Waals surface area contributed by atoms with E-state index in [0.29, 0.717) is 5.82 Å². The van der Waals surface area contributed by atoms with E-state index in [4.69, 9.17) is 0 Å². The molecule has 0 aliphatic heterocycles. The van der Waals surface area contributed by atoms with Crippen LogP contribution in [0.15, 0.2) is 35.4 Å². The van der Waals surface area contributed by atoms with Crippen molar-refractivity contribution in [2.24, 2.45) is 7.05 Å². The Morgan fingerprint density at radius 3 is 2.93 bits per heavy atom. The lowest BCUT2D eigenvalue weighted by Gasteiger charge is -2.02. The highest BCUT2D eigenvalue weighted by Crippen LogP contribution is 1.98. The van der Waals surface area contributed by atoms with Crippen LogP contribution in [0.3, 0.4) is 0 Å². The molecule has 0 aliphatic rings. The second kappa shape index (κ2) is 3.33. The molecule has 2 heterocycles. The summed E-state index contributed by atoms with van der Waals surface area (Å²) in [5, 5.41) is 7.88. The Bertz CT molecular complexity index is 486. The van der Waals surface area contributed by atoms with Crippen LogP contribution < -0.4 is 11.0 Å². The Labute approximate surface area is 79.8 Å². The van der Waals surface area contributed by atoms with E-state index in [1.165, 1.54) is 12.3 Å². The van der Waals surface area contributed by atoms with Crippen LogP contribution in [0, 0.1) is 0 Å². The number of aromatic nitrogens is 4. The maximum atomic E-state index is 11.2. The first kappa shape index (κ1) is 8.49. The second-order valence-electron chi connectivity index (χ2n) is 2.76. The Kier molecular flexibility index (Phi) is 2.02. The number of anilines is 1. The highest BCUT2D eigenvalue weighted by atomic mass is 16.1. The van der Waals surface area contributed by atoms with Crippen molar-refractivity contribution < 1.29 is 0 Å². The minimum absolute atomic E-state index is 0.224. The first-order valence-corrected chi connectivity index (χ1v) is 4.07. The number of hydrogen-bond acceptors (Lipinski definition) is 4. The Morgan fingerprint density at radius 1 is 1.43 bits per heavy atom. The van der Waals surface area contributed by atoms with Gasteiger partial charge in [0.25, 0.3) is 5.56 Å². The fraction of sp³-hybridized carbons (Fsp3) is 0.125. The first-order chi connectivity index (χ1) is 6.75. The zero-order valence-corrected chi connectivity index (χ0v) is 7.58. The zero-order valence-electron chi connectivity index (χ0n) is 7.58. The molecular formula is C8H9N5O. The van der Waals surface area contributed by atoms with Gasteiger partial charge in [0.2, 0.25) is 0 Å². The summed E-state index contributed by atoms with van der Waals surface area (Å²) >= 11 is 0. The van der Waals surface area contributed by atoms with E-state index in [1.807, 2.05) is 0 Å². The van der Waals surface area contributed by atoms with Crippen LogP contribution in [0.4, 0.5) is 5.82 Å². The number of aryl methyl sites for hydroxylation is 1. The van der Waals surface area contributed by atoms with Crippen LogP contribution >= 0.6 is 0 Å². The van der Waals surface area contributed by atoms with Crippen LogP contribution in [-0.4, -0.2) is 19.7 Å². The number of hydrogen-bond donors (Lipinski definition) is 1. The van der Waals surface area contributed by atoms with E-state index in [9.17, 15) is 4.79 Å². The van der Waals surface area contributed by atoms with Crippen molar-refractivity contribution in [1.82, 2.24) is 19.7 Å². The molecule has 2 aromatic rings. The van der Waals surface area contributed by atoms with E-state index in [0.717, 1.165) is 4.79 Å². The predicted molar refractivity (Wildman–Crippen MR) is 50.7 cm³/mol. The van der Waals surface area contributed by atoms with Gasteiger partial charge in [0.15, 0.2) is 5.82 Å². The highest BCUT2D eigenvalue weighted by molar-refractivity contribution is 5.30. The molecule has 0 aliphatic carbocycles. The van der Waals surface area contributed by atoms with Gasteiger partial charge in [-0.3, -0.25) is 14.9 Å². The number of rotatable bonds is 2. The molecule has 0 spiro atoms. The molecule has 0 saturated heterocycles. The van der Waals surface area contributed by atoms with Crippen LogP contribution in [0.25, 0.3) is 0 Å². The predicted octanol–water partition coefficient (Wildman–Crippen LogP) is -0.148. The Hall–Kier alpha value is -2.11. The molecule has 0 atom stereocenters. The quantitative estimate of drug-likeness (QED) is 0.717. The van der Waals surface area contributed by atoms with Crippen molar-refractivity contribution in [1.29, 1.82) is 0 Å². The minimum Gasteiger partial charge on any atom is -0.274 e. The molecule has 72 valence electrons. The molecule has 0 unspecified atom stereocenters. The van der Waals surface area contributed by atoms with Crippen molar-refractivity contribution in [3.63, 3.8) is 0 Å². The lowest BCUT2D eigenvalue weighted by atomic mass is 10.6. The molecule has 0 amide bonds. The lowest BCUT2D eigenvalue weighted by Crippen LogP contribution is -2.27. The Balaban J connectivity index is 2.27. The van der Waals surface area contributed by atoms with Gasteiger partial charge in [-0.05, 0) is 6.07 Å². The van der Waals surface area contributed by atoms with Gasteiger partial charge < -0.3 is 0 Å². The average Bonchev–Trinajstić information content (AvgIpc) is 2.56. The SMILES string of the molecule is Cn1ccc(Nn2ncccc2=O)n1. The lowest BCUT2D eigenvalue weighted by molar-refractivity contribution is 0.715. The highest BCUT2D eigenvalue weighted by Gasteiger charge is 1.97. The molecule has 2 rings (SSSR count). The van der Waals surface area contributed by atoms with Gasteiger partial charge in [-0.15, -0.1) is 4.79 Å². The smallest absolute Gasteiger partial charge is 0.274 e. The molecule has 0 aromatic carbocycles. The summed E-state index contributed by atoms with van der Waals surface area (Å²) in [5.41, 5.74) is 2.53. The average molecular weight is 191 g/mol. The summed E-state index contributed by atoms with van der Waals surface area (Å²) in [6.07, 6.45) is 3.30. The topological polar surface area (TPSA) is 64.7 Å². The molecule has 2 aromatic heterocycles. The van der Waals surface area contributed by atoms with E-state index < -0.39 is 0 Å². The van der Waals surface area contributed by atoms with Crippen LogP contribution in [-0.2, 0) is 7.05 Å². The van der Waals surface area contributed by atoms with Gasteiger partial charge in [-0.2, -0.15) is 10.2 Å². The van der Waals surface area contributed by atoms with Crippen molar-refractivity contribution in [3.8, 4) is 0 Å². The standard InChI is InChI=1S/C8H9N5O/c1-12-6-4-7(10-12)11-13-8(14)3-2-5-9-13/h2-6H,1H3,(H,10,11). The van der Waals surface area contributed by atoms with E-state index in [-0.39, 0.29) is 5.56 Å². The summed E-state index contributed by atoms with van der Waals surface area (Å²) in [7, 11) is 1.80. The van der Waals surface area contributed by atoms with Crippen LogP contribution in [0.1, 0.15) is 0 Å². The first-order valence-electron chi connectivity index (χ1n) is 4.07. The summed E-state index contributed by atoms with van der Waals surface area (Å²) in [4.78, 5) is 12.4. The molecule has 1 N–H and O–H groups in total. The van der Waals surface area contributed by atoms with Gasteiger partial charge in [0.05, 0.1) is 0 Å². The number of nitrogens with zero attached hydrogens (tertiary/aromatic N) is 4. The van der Waals surface area contributed by atoms with Gasteiger partial charge in [-0.1, -0.05) is 0 Å². The van der Waals surface area contributed by atoms with Crippen molar-refractivity contribution in [2.45, 2.75) is 0 Å². The molecule has 14 heavy (non-hydrogen) atoms. The fourth-order valence-corrected chi connectivity index (χ4v) is 1.03. The summed E-state index contributed by atoms with van der Waals surface area (Å²) < 4.78 is 1.64. The maximum Gasteiger partial charge on any atom is 0.286 e. The van der Waals surface area contributed by atoms with E-state index in [1.54, 1.807) is 30.1 Å². The summed E-state index contributed by atoms with van der Waals surface area (Å²) in [6, 6.07) is 4.75. The summed E-state index contributed by atoms with van der Waals surface area (Å²) in [5.74, 6) is 0.577. The third kappa shape index (κ3) is 1.63. The van der Waals surface area contributed by atoms with Gasteiger partial charge in [-0.25, -0.2) is 0 Å². The largest absolute Gasteiger partial charge is 0.286 e. The summed E-state index contributed by atoms with van der Waals surface area (Å²) in [6.45, 7) is 0. The molecule has 0 fully saturated rings. The molecule has 0 saturated carbocycles. The molecule has 0 bridgehead atoms. The molecule has 0 radical (unpaired) electrons. The minimum atomic E-state index is -0.224. The van der Waals surface area contributed by atoms with Crippen molar-refractivity contribution in [3.05, 3.63) is 40.9 Å². The number of nitrogens with one attached hydrogen (secondary N) is 1. The van der Waals surface area contributed by atoms with Gasteiger partial charge in [0.1, 0.15) is 0 Å². The van der Waals surface area contributed by atoms with Gasteiger partial charge >= 0.3 is 0 Å². The van der Waals surface area contributed by atoms with E-state index >= 15 is 0 Å². The third-order valence-electron chi connectivity index (χ3n) is 1.65. The van der Waals surface area contributed by atoms with Gasteiger partial charge in [0, 0.05) is 31.6 Å². The normalized spacial score (nSPS) is 10.1. The molecular weight excluding hydrogens is 182 g/mol. The van der Waals surface area contributed by atoms with Crippen molar-refractivity contribution in [2.75, 3.05) is 5.43 Å². The van der Waals surface area contributed by atoms with Crippen LogP contribution in [0.5, 0.6) is 0 Å². The third-order valence-corrected chi connectivity index (χ3v) is 1.65. The molecule has 6 heteroatoms. The Morgan fingerprint density at radius 2 is 2.29 bits per heavy atom.